The van der Waals surface area contributed by atoms with E-state index in [-0.39, 0.29) is 12.4 Å². The molecular weight excluding hydrogens is 266 g/mol. The van der Waals surface area contributed by atoms with Crippen LogP contribution in [-0.4, -0.2) is 12.1 Å². The second kappa shape index (κ2) is 8.78. The smallest absolute Gasteiger partial charge is 0.0289 e. The first kappa shape index (κ1) is 16.7. The molecule has 1 aliphatic heterocycles. The van der Waals surface area contributed by atoms with Gasteiger partial charge in [0.05, 0.1) is 0 Å². The highest BCUT2D eigenvalue weighted by Crippen LogP contribution is 2.21. The summed E-state index contributed by atoms with van der Waals surface area (Å²) in [4.78, 5) is 0. The van der Waals surface area contributed by atoms with Crippen molar-refractivity contribution >= 4 is 12.4 Å². The molecule has 108 valence electrons. The van der Waals surface area contributed by atoms with Crippen LogP contribution in [0.4, 0.5) is 0 Å². The van der Waals surface area contributed by atoms with Gasteiger partial charge in [0, 0.05) is 12.1 Å². The van der Waals surface area contributed by atoms with Crippen molar-refractivity contribution in [1.82, 2.24) is 5.32 Å². The molecule has 2 heteroatoms. The summed E-state index contributed by atoms with van der Waals surface area (Å²) in [6, 6.07) is 11.6. The summed E-state index contributed by atoms with van der Waals surface area (Å²) in [6.45, 7) is 7.70. The van der Waals surface area contributed by atoms with E-state index in [1.54, 1.807) is 0 Å². The van der Waals surface area contributed by atoms with E-state index in [2.05, 4.69) is 54.9 Å². The zero-order valence-electron chi connectivity index (χ0n) is 11.9. The Morgan fingerprint density at radius 2 is 1.80 bits per heavy atom. The van der Waals surface area contributed by atoms with E-state index < -0.39 is 0 Å². The van der Waals surface area contributed by atoms with Crippen molar-refractivity contribution in [2.45, 2.75) is 37.8 Å². The van der Waals surface area contributed by atoms with Crippen LogP contribution < -0.4 is 5.32 Å². The molecule has 0 saturated carbocycles. The average Bonchev–Trinajstić information content (AvgIpc) is 2.40. The van der Waals surface area contributed by atoms with E-state index in [9.17, 15) is 0 Å². The summed E-state index contributed by atoms with van der Waals surface area (Å²) in [5.74, 6) is 0. The van der Waals surface area contributed by atoms with Crippen LogP contribution in [0.3, 0.4) is 0 Å². The Bertz CT molecular complexity index is 450. The van der Waals surface area contributed by atoms with E-state index >= 15 is 0 Å². The molecule has 2 rings (SSSR count). The minimum absolute atomic E-state index is 0. The second-order valence-corrected chi connectivity index (χ2v) is 5.21. The Hall–Kier alpha value is -1.31. The highest BCUT2D eigenvalue weighted by Gasteiger charge is 2.19. The van der Waals surface area contributed by atoms with Crippen LogP contribution in [0.15, 0.2) is 67.3 Å². The summed E-state index contributed by atoms with van der Waals surface area (Å²) in [7, 11) is 0. The molecule has 0 unspecified atom stereocenters. The fourth-order valence-electron chi connectivity index (χ4n) is 2.74. The molecule has 1 N–H and O–H groups in total. The molecule has 0 radical (unpaired) electrons. The summed E-state index contributed by atoms with van der Waals surface area (Å²) in [6.07, 6.45) is 10.6. The van der Waals surface area contributed by atoms with E-state index in [0.717, 1.165) is 25.7 Å². The highest BCUT2D eigenvalue weighted by molar-refractivity contribution is 5.85. The molecule has 2 atom stereocenters. The Labute approximate surface area is 128 Å². The molecular formula is C18H24ClN. The van der Waals surface area contributed by atoms with Gasteiger partial charge < -0.3 is 5.32 Å². The lowest BCUT2D eigenvalue weighted by Gasteiger charge is -2.29. The fraction of sp³-hybridized carbons (Fsp3) is 0.333. The van der Waals surface area contributed by atoms with Crippen molar-refractivity contribution in [3.63, 3.8) is 0 Å². The minimum atomic E-state index is 0. The largest absolute Gasteiger partial charge is 0.307 e. The first-order valence-corrected chi connectivity index (χ1v) is 7.03. The topological polar surface area (TPSA) is 12.0 Å². The van der Waals surface area contributed by atoms with Gasteiger partial charge in [-0.2, -0.15) is 0 Å². The standard InChI is InChI=1S/C18H23N.ClH/c1-3-8-17-13-16(14-18(19-17)9-4-2)12-15-10-6-5-7-11-15;/h3-7,10-11,13,17-19H,1-2,8-9,12,14H2;1H/t17-,18-;/m0./s1. The van der Waals surface area contributed by atoms with Crippen molar-refractivity contribution in [2.24, 2.45) is 0 Å². The SMILES string of the molecule is C=CC[C@H]1CC(Cc2ccccc2)=C[C@H](CC=C)N1.Cl. The number of halogens is 1. The first-order valence-electron chi connectivity index (χ1n) is 7.03. The Kier molecular flexibility index (Phi) is 7.35. The van der Waals surface area contributed by atoms with Crippen LogP contribution in [0.5, 0.6) is 0 Å². The molecule has 1 aliphatic rings. The van der Waals surface area contributed by atoms with Gasteiger partial charge >= 0.3 is 0 Å². The number of benzene rings is 1. The van der Waals surface area contributed by atoms with Gasteiger partial charge in [-0.05, 0) is 31.2 Å². The van der Waals surface area contributed by atoms with Crippen molar-refractivity contribution in [3.8, 4) is 0 Å². The van der Waals surface area contributed by atoms with Gasteiger partial charge in [0.15, 0.2) is 0 Å². The summed E-state index contributed by atoms with van der Waals surface area (Å²) in [5.41, 5.74) is 2.93. The summed E-state index contributed by atoms with van der Waals surface area (Å²) < 4.78 is 0. The van der Waals surface area contributed by atoms with Crippen molar-refractivity contribution in [2.75, 3.05) is 0 Å². The van der Waals surface area contributed by atoms with E-state index in [4.69, 9.17) is 0 Å². The predicted octanol–water partition coefficient (Wildman–Crippen LogP) is 4.46. The van der Waals surface area contributed by atoms with Gasteiger partial charge in [0.2, 0.25) is 0 Å². The van der Waals surface area contributed by atoms with Gasteiger partial charge in [0.25, 0.3) is 0 Å². The van der Waals surface area contributed by atoms with Crippen LogP contribution in [0.1, 0.15) is 24.8 Å². The van der Waals surface area contributed by atoms with Crippen LogP contribution in [0.2, 0.25) is 0 Å². The zero-order valence-corrected chi connectivity index (χ0v) is 12.7. The van der Waals surface area contributed by atoms with Crippen LogP contribution in [0, 0.1) is 0 Å². The summed E-state index contributed by atoms with van der Waals surface area (Å²) in [5, 5.41) is 3.65. The fourth-order valence-corrected chi connectivity index (χ4v) is 2.74. The molecule has 0 saturated heterocycles. The maximum Gasteiger partial charge on any atom is 0.0289 e. The molecule has 0 fully saturated rings. The van der Waals surface area contributed by atoms with E-state index in [1.807, 2.05) is 12.2 Å². The lowest BCUT2D eigenvalue weighted by molar-refractivity contribution is 0.440. The number of hydrogen-bond acceptors (Lipinski definition) is 1. The van der Waals surface area contributed by atoms with Gasteiger partial charge in [-0.25, -0.2) is 0 Å². The molecule has 0 aliphatic carbocycles. The lowest BCUT2D eigenvalue weighted by Crippen LogP contribution is -2.40. The summed E-state index contributed by atoms with van der Waals surface area (Å²) >= 11 is 0. The molecule has 0 spiro atoms. The van der Waals surface area contributed by atoms with E-state index in [1.165, 1.54) is 11.1 Å². The highest BCUT2D eigenvalue weighted by atomic mass is 35.5. The minimum Gasteiger partial charge on any atom is -0.307 e. The molecule has 0 bridgehead atoms. The molecule has 20 heavy (non-hydrogen) atoms. The van der Waals surface area contributed by atoms with E-state index in [0.29, 0.717) is 12.1 Å². The number of rotatable bonds is 6. The third kappa shape index (κ3) is 4.99. The molecule has 0 amide bonds. The molecule has 1 aromatic carbocycles. The normalized spacial score (nSPS) is 21.5. The Morgan fingerprint density at radius 1 is 1.10 bits per heavy atom. The molecule has 1 heterocycles. The van der Waals surface area contributed by atoms with Crippen molar-refractivity contribution in [1.29, 1.82) is 0 Å². The van der Waals surface area contributed by atoms with Crippen LogP contribution >= 0.6 is 12.4 Å². The zero-order chi connectivity index (χ0) is 13.5. The number of nitrogens with one attached hydrogen (secondary N) is 1. The van der Waals surface area contributed by atoms with Crippen molar-refractivity contribution in [3.05, 3.63) is 72.9 Å². The maximum absolute atomic E-state index is 3.86. The second-order valence-electron chi connectivity index (χ2n) is 5.21. The predicted molar refractivity (Wildman–Crippen MR) is 90.4 cm³/mol. The Morgan fingerprint density at radius 3 is 2.45 bits per heavy atom. The number of hydrogen-bond donors (Lipinski definition) is 1. The molecule has 1 aromatic rings. The third-order valence-corrected chi connectivity index (χ3v) is 3.54. The average molecular weight is 290 g/mol. The Balaban J connectivity index is 0.00000200. The third-order valence-electron chi connectivity index (χ3n) is 3.54. The molecule has 1 nitrogen and oxygen atoms in total. The lowest BCUT2D eigenvalue weighted by atomic mass is 9.90. The van der Waals surface area contributed by atoms with Crippen molar-refractivity contribution < 1.29 is 0 Å². The van der Waals surface area contributed by atoms with Gasteiger partial charge in [0.1, 0.15) is 0 Å². The quantitative estimate of drug-likeness (QED) is 0.763. The maximum atomic E-state index is 3.86. The molecule has 0 aromatic heterocycles. The monoisotopic (exact) mass is 289 g/mol. The van der Waals surface area contributed by atoms with Gasteiger partial charge in [-0.15, -0.1) is 25.6 Å². The first-order chi connectivity index (χ1) is 9.31. The van der Waals surface area contributed by atoms with Crippen LogP contribution in [0.25, 0.3) is 0 Å². The van der Waals surface area contributed by atoms with Gasteiger partial charge in [-0.3, -0.25) is 0 Å². The van der Waals surface area contributed by atoms with Gasteiger partial charge in [-0.1, -0.05) is 54.1 Å². The van der Waals surface area contributed by atoms with Crippen LogP contribution in [-0.2, 0) is 6.42 Å².